The molecule has 1 atom stereocenters. The molecule has 1 aliphatic rings. The van der Waals surface area contributed by atoms with Gasteiger partial charge in [0.2, 0.25) is 0 Å². The average Bonchev–Trinajstić information content (AvgIpc) is 2.32. The summed E-state index contributed by atoms with van der Waals surface area (Å²) in [7, 11) is 0. The van der Waals surface area contributed by atoms with Crippen LogP contribution in [0.4, 0.5) is 4.39 Å². The van der Waals surface area contributed by atoms with Gasteiger partial charge in [0, 0.05) is 30.1 Å². The Kier molecular flexibility index (Phi) is 3.79. The maximum atomic E-state index is 13.2. The molecule has 5 heteroatoms. The Morgan fingerprint density at radius 3 is 3.06 bits per heavy atom. The molecular formula is C12H14BrFN2O. The van der Waals surface area contributed by atoms with Crippen molar-refractivity contribution in [2.45, 2.75) is 13.0 Å². The van der Waals surface area contributed by atoms with Gasteiger partial charge in [0.1, 0.15) is 5.82 Å². The van der Waals surface area contributed by atoms with Crippen molar-refractivity contribution in [1.82, 2.24) is 10.2 Å². The van der Waals surface area contributed by atoms with Crippen molar-refractivity contribution in [2.75, 3.05) is 19.6 Å². The highest BCUT2D eigenvalue weighted by Crippen LogP contribution is 2.21. The zero-order chi connectivity index (χ0) is 12.4. The molecule has 0 radical (unpaired) electrons. The van der Waals surface area contributed by atoms with Gasteiger partial charge in [-0.05, 0) is 41.1 Å². The summed E-state index contributed by atoms with van der Waals surface area (Å²) in [6.45, 7) is 4.20. The van der Waals surface area contributed by atoms with Crippen LogP contribution in [0.3, 0.4) is 0 Å². The lowest BCUT2D eigenvalue weighted by Gasteiger charge is -2.34. The maximum Gasteiger partial charge on any atom is 0.255 e. The summed E-state index contributed by atoms with van der Waals surface area (Å²) in [5, 5.41) is 3.22. The molecule has 1 aliphatic heterocycles. The quantitative estimate of drug-likeness (QED) is 0.861. The van der Waals surface area contributed by atoms with Crippen LogP contribution in [0.15, 0.2) is 22.7 Å². The molecule has 0 saturated carbocycles. The summed E-state index contributed by atoms with van der Waals surface area (Å²) in [4.78, 5) is 14.1. The zero-order valence-corrected chi connectivity index (χ0v) is 11.1. The van der Waals surface area contributed by atoms with Crippen LogP contribution in [-0.2, 0) is 0 Å². The van der Waals surface area contributed by atoms with E-state index in [1.54, 1.807) is 11.0 Å². The second kappa shape index (κ2) is 5.14. The Bertz CT molecular complexity index is 439. The summed E-state index contributed by atoms with van der Waals surface area (Å²) < 4.78 is 13.8. The summed E-state index contributed by atoms with van der Waals surface area (Å²) in [5.41, 5.74) is 0.388. The minimum absolute atomic E-state index is 0.120. The predicted molar refractivity (Wildman–Crippen MR) is 67.5 cm³/mol. The van der Waals surface area contributed by atoms with Crippen LogP contribution in [0, 0.1) is 5.82 Å². The third-order valence-corrected chi connectivity index (χ3v) is 3.61. The minimum Gasteiger partial charge on any atom is -0.333 e. The number of nitrogens with one attached hydrogen (secondary N) is 1. The molecule has 0 aliphatic carbocycles. The molecule has 1 amide bonds. The van der Waals surface area contributed by atoms with Gasteiger partial charge in [-0.1, -0.05) is 0 Å². The van der Waals surface area contributed by atoms with E-state index >= 15 is 0 Å². The van der Waals surface area contributed by atoms with E-state index in [0.717, 1.165) is 13.1 Å². The van der Waals surface area contributed by atoms with Gasteiger partial charge in [-0.25, -0.2) is 4.39 Å². The normalized spacial score (nSPS) is 20.4. The van der Waals surface area contributed by atoms with Crippen molar-refractivity contribution in [3.63, 3.8) is 0 Å². The number of halogens is 2. The maximum absolute atomic E-state index is 13.2. The molecule has 0 bridgehead atoms. The zero-order valence-electron chi connectivity index (χ0n) is 9.54. The largest absolute Gasteiger partial charge is 0.333 e. The lowest BCUT2D eigenvalue weighted by Crippen LogP contribution is -2.52. The first-order chi connectivity index (χ1) is 8.09. The molecule has 17 heavy (non-hydrogen) atoms. The van der Waals surface area contributed by atoms with E-state index in [0.29, 0.717) is 16.6 Å². The fourth-order valence-corrected chi connectivity index (χ4v) is 2.38. The second-order valence-corrected chi connectivity index (χ2v) is 5.03. The predicted octanol–water partition coefficient (Wildman–Crippen LogP) is 2.02. The monoisotopic (exact) mass is 300 g/mol. The van der Waals surface area contributed by atoms with E-state index < -0.39 is 0 Å². The van der Waals surface area contributed by atoms with Gasteiger partial charge in [-0.15, -0.1) is 0 Å². The molecule has 1 aromatic rings. The topological polar surface area (TPSA) is 32.3 Å². The minimum atomic E-state index is -0.390. The fourth-order valence-electron chi connectivity index (χ4n) is 1.96. The lowest BCUT2D eigenvalue weighted by molar-refractivity contribution is 0.0654. The molecule has 1 saturated heterocycles. The number of piperazine rings is 1. The number of carbonyl (C=O) groups excluding carboxylic acids is 1. The Balaban J connectivity index is 2.26. The summed E-state index contributed by atoms with van der Waals surface area (Å²) in [5.74, 6) is -0.510. The first-order valence-corrected chi connectivity index (χ1v) is 6.35. The number of rotatable bonds is 1. The van der Waals surface area contributed by atoms with E-state index in [4.69, 9.17) is 0 Å². The van der Waals surface area contributed by atoms with Crippen molar-refractivity contribution in [3.8, 4) is 0 Å². The Labute approximate surface area is 108 Å². The van der Waals surface area contributed by atoms with Crippen LogP contribution in [0.5, 0.6) is 0 Å². The van der Waals surface area contributed by atoms with Gasteiger partial charge in [0.15, 0.2) is 0 Å². The molecule has 0 unspecified atom stereocenters. The Morgan fingerprint density at radius 2 is 2.35 bits per heavy atom. The summed E-state index contributed by atoms with van der Waals surface area (Å²) >= 11 is 3.29. The van der Waals surface area contributed by atoms with Crippen molar-refractivity contribution < 1.29 is 9.18 Å². The van der Waals surface area contributed by atoms with Crippen molar-refractivity contribution in [1.29, 1.82) is 0 Å². The van der Waals surface area contributed by atoms with Crippen LogP contribution < -0.4 is 5.32 Å². The van der Waals surface area contributed by atoms with E-state index in [-0.39, 0.29) is 17.8 Å². The Hall–Kier alpha value is -0.940. The highest BCUT2D eigenvalue weighted by molar-refractivity contribution is 9.10. The van der Waals surface area contributed by atoms with Gasteiger partial charge in [-0.2, -0.15) is 0 Å². The number of amides is 1. The van der Waals surface area contributed by atoms with Crippen molar-refractivity contribution in [3.05, 3.63) is 34.1 Å². The van der Waals surface area contributed by atoms with E-state index in [1.165, 1.54) is 12.1 Å². The first kappa shape index (κ1) is 12.5. The smallest absolute Gasteiger partial charge is 0.255 e. The number of benzene rings is 1. The first-order valence-electron chi connectivity index (χ1n) is 5.56. The van der Waals surface area contributed by atoms with Crippen LogP contribution in [0.25, 0.3) is 0 Å². The molecule has 3 nitrogen and oxygen atoms in total. The molecule has 0 spiro atoms. The number of carbonyl (C=O) groups is 1. The molecule has 2 rings (SSSR count). The van der Waals surface area contributed by atoms with Crippen molar-refractivity contribution >= 4 is 21.8 Å². The van der Waals surface area contributed by atoms with Crippen molar-refractivity contribution in [2.24, 2.45) is 0 Å². The van der Waals surface area contributed by atoms with E-state index in [9.17, 15) is 9.18 Å². The van der Waals surface area contributed by atoms with E-state index in [1.807, 2.05) is 6.92 Å². The van der Waals surface area contributed by atoms with Crippen LogP contribution >= 0.6 is 15.9 Å². The molecule has 0 aromatic heterocycles. The van der Waals surface area contributed by atoms with Crippen LogP contribution in [0.2, 0.25) is 0 Å². The van der Waals surface area contributed by atoms with E-state index in [2.05, 4.69) is 21.2 Å². The number of nitrogens with zero attached hydrogens (tertiary/aromatic N) is 1. The Morgan fingerprint density at radius 1 is 1.59 bits per heavy atom. The number of hydrogen-bond acceptors (Lipinski definition) is 2. The lowest BCUT2D eigenvalue weighted by atomic mass is 10.1. The summed E-state index contributed by atoms with van der Waals surface area (Å²) in [6.07, 6.45) is 0. The standard InChI is InChI=1S/C12H14BrFN2O/c1-8-7-15-4-5-16(8)12(17)10-6-9(14)2-3-11(10)13/h2-3,6,8,15H,4-5,7H2,1H3/t8-/m0/s1. The van der Waals surface area contributed by atoms with Gasteiger partial charge in [0.25, 0.3) is 5.91 Å². The molecule has 1 heterocycles. The molecule has 1 fully saturated rings. The molecular weight excluding hydrogens is 287 g/mol. The molecule has 1 N–H and O–H groups in total. The third-order valence-electron chi connectivity index (χ3n) is 2.92. The third kappa shape index (κ3) is 2.66. The van der Waals surface area contributed by atoms with Gasteiger partial charge < -0.3 is 10.2 Å². The highest BCUT2D eigenvalue weighted by Gasteiger charge is 2.25. The average molecular weight is 301 g/mol. The van der Waals surface area contributed by atoms with Gasteiger partial charge >= 0.3 is 0 Å². The fraction of sp³-hybridized carbons (Fsp3) is 0.417. The highest BCUT2D eigenvalue weighted by atomic mass is 79.9. The van der Waals surface area contributed by atoms with Crippen LogP contribution in [0.1, 0.15) is 17.3 Å². The van der Waals surface area contributed by atoms with Gasteiger partial charge in [-0.3, -0.25) is 4.79 Å². The summed E-state index contributed by atoms with van der Waals surface area (Å²) in [6, 6.07) is 4.31. The molecule has 1 aromatic carbocycles. The van der Waals surface area contributed by atoms with Gasteiger partial charge in [0.05, 0.1) is 5.56 Å². The second-order valence-electron chi connectivity index (χ2n) is 4.18. The number of hydrogen-bond donors (Lipinski definition) is 1. The van der Waals surface area contributed by atoms with Crippen LogP contribution in [-0.4, -0.2) is 36.5 Å². The molecule has 92 valence electrons. The SMILES string of the molecule is C[C@H]1CNCCN1C(=O)c1cc(F)ccc1Br.